The fourth-order valence-corrected chi connectivity index (χ4v) is 4.77. The monoisotopic (exact) mass is 435 g/mol. The summed E-state index contributed by atoms with van der Waals surface area (Å²) >= 11 is 5.44. The average Bonchev–Trinajstić information content (AvgIpc) is 3.20. The second-order valence-electron chi connectivity index (χ2n) is 6.52. The number of aromatic nitrogens is 1. The number of para-hydroxylation sites is 1. The van der Waals surface area contributed by atoms with Crippen LogP contribution in [0.25, 0.3) is 0 Å². The molecule has 7 heteroatoms. The molecule has 1 aromatic heterocycles. The third kappa shape index (κ3) is 4.76. The van der Waals surface area contributed by atoms with Crippen molar-refractivity contribution >= 4 is 38.9 Å². The quantitative estimate of drug-likeness (QED) is 0.557. The highest BCUT2D eigenvalue weighted by molar-refractivity contribution is 9.10. The minimum absolute atomic E-state index is 0.403. The molecule has 1 saturated heterocycles. The first-order chi connectivity index (χ1) is 12.6. The maximum absolute atomic E-state index is 4.49. The van der Waals surface area contributed by atoms with E-state index in [1.165, 1.54) is 10.6 Å². The Balaban J connectivity index is 1.48. The lowest BCUT2D eigenvalue weighted by Gasteiger charge is -2.21. The van der Waals surface area contributed by atoms with Gasteiger partial charge in [0.15, 0.2) is 5.96 Å². The summed E-state index contributed by atoms with van der Waals surface area (Å²) < 4.78 is 1.15. The Labute approximate surface area is 168 Å². The highest BCUT2D eigenvalue weighted by Crippen LogP contribution is 2.28. The number of aliphatic imine (C=N–C) groups is 1. The maximum Gasteiger partial charge on any atom is 0.191 e. The van der Waals surface area contributed by atoms with E-state index in [0.29, 0.717) is 6.04 Å². The molecule has 3 rings (SSSR count). The van der Waals surface area contributed by atoms with Crippen LogP contribution < -0.4 is 15.5 Å². The third-order valence-corrected chi connectivity index (χ3v) is 6.39. The van der Waals surface area contributed by atoms with Gasteiger partial charge in [-0.25, -0.2) is 4.98 Å². The molecular formula is C19H26BrN5S. The molecule has 2 N–H and O–H groups in total. The van der Waals surface area contributed by atoms with Crippen LogP contribution in [0.4, 0.5) is 5.69 Å². The summed E-state index contributed by atoms with van der Waals surface area (Å²) in [7, 11) is 1.83. The van der Waals surface area contributed by atoms with E-state index in [0.717, 1.165) is 53.6 Å². The number of guanidine groups is 1. The second kappa shape index (κ2) is 8.86. The predicted octanol–water partition coefficient (Wildman–Crippen LogP) is 3.51. The van der Waals surface area contributed by atoms with Crippen LogP contribution in [0.1, 0.15) is 22.0 Å². The van der Waals surface area contributed by atoms with E-state index in [9.17, 15) is 0 Å². The fraction of sp³-hybridized carbons (Fsp3) is 0.474. The summed E-state index contributed by atoms with van der Waals surface area (Å²) in [5, 5.41) is 8.14. The largest absolute Gasteiger partial charge is 0.368 e. The van der Waals surface area contributed by atoms with Gasteiger partial charge in [-0.3, -0.25) is 4.99 Å². The van der Waals surface area contributed by atoms with Crippen LogP contribution in [0.2, 0.25) is 0 Å². The van der Waals surface area contributed by atoms with Crippen molar-refractivity contribution in [3.8, 4) is 0 Å². The van der Waals surface area contributed by atoms with E-state index in [1.807, 2.05) is 7.05 Å². The van der Waals surface area contributed by atoms with Crippen molar-refractivity contribution in [2.75, 3.05) is 31.6 Å². The SMILES string of the molecule is CN=C(NCCc1sc(C)nc1C)NC1CCN(c2ccccc2Br)C1. The number of rotatable bonds is 5. The number of thiazole rings is 1. The summed E-state index contributed by atoms with van der Waals surface area (Å²) in [6.07, 6.45) is 2.08. The standard InChI is InChI=1S/C19H26BrN5S/c1-13-18(26-14(2)23-13)8-10-22-19(21-3)24-15-9-11-25(12-15)17-7-5-4-6-16(17)20/h4-7,15H,8-12H2,1-3H3,(H2,21,22,24). The minimum Gasteiger partial charge on any atom is -0.368 e. The van der Waals surface area contributed by atoms with Crippen LogP contribution in [0.15, 0.2) is 33.7 Å². The highest BCUT2D eigenvalue weighted by atomic mass is 79.9. The van der Waals surface area contributed by atoms with E-state index in [1.54, 1.807) is 11.3 Å². The van der Waals surface area contributed by atoms with Crippen molar-refractivity contribution in [2.24, 2.45) is 4.99 Å². The molecule has 2 heterocycles. The van der Waals surface area contributed by atoms with Crippen molar-refractivity contribution in [2.45, 2.75) is 32.7 Å². The zero-order valence-corrected chi connectivity index (χ0v) is 18.0. The molecular weight excluding hydrogens is 410 g/mol. The Bertz CT molecular complexity index is 773. The van der Waals surface area contributed by atoms with Crippen molar-refractivity contribution in [1.82, 2.24) is 15.6 Å². The van der Waals surface area contributed by atoms with E-state index in [4.69, 9.17) is 0 Å². The van der Waals surface area contributed by atoms with Crippen LogP contribution in [0, 0.1) is 13.8 Å². The molecule has 26 heavy (non-hydrogen) atoms. The van der Waals surface area contributed by atoms with Gasteiger partial charge in [-0.1, -0.05) is 12.1 Å². The van der Waals surface area contributed by atoms with Gasteiger partial charge in [0.2, 0.25) is 0 Å². The van der Waals surface area contributed by atoms with Crippen LogP contribution in [0.3, 0.4) is 0 Å². The number of benzene rings is 1. The smallest absolute Gasteiger partial charge is 0.191 e. The van der Waals surface area contributed by atoms with Gasteiger partial charge in [-0.2, -0.15) is 0 Å². The number of anilines is 1. The zero-order chi connectivity index (χ0) is 18.5. The van der Waals surface area contributed by atoms with Gasteiger partial charge in [0, 0.05) is 48.5 Å². The molecule has 1 fully saturated rings. The first kappa shape index (κ1) is 19.2. The van der Waals surface area contributed by atoms with E-state index >= 15 is 0 Å². The molecule has 0 spiro atoms. The summed E-state index contributed by atoms with van der Waals surface area (Å²) in [5.41, 5.74) is 2.41. The maximum atomic E-state index is 4.49. The molecule has 1 aliphatic heterocycles. The van der Waals surface area contributed by atoms with Gasteiger partial charge < -0.3 is 15.5 Å². The molecule has 140 valence electrons. The molecule has 0 aliphatic carbocycles. The molecule has 0 radical (unpaired) electrons. The zero-order valence-electron chi connectivity index (χ0n) is 15.6. The van der Waals surface area contributed by atoms with Gasteiger partial charge in [0.1, 0.15) is 0 Å². The first-order valence-electron chi connectivity index (χ1n) is 8.96. The van der Waals surface area contributed by atoms with Gasteiger partial charge in [0.05, 0.1) is 16.4 Å². The Morgan fingerprint density at radius 1 is 1.38 bits per heavy atom. The van der Waals surface area contributed by atoms with Crippen molar-refractivity contribution in [3.05, 3.63) is 44.3 Å². The topological polar surface area (TPSA) is 52.6 Å². The number of nitrogens with zero attached hydrogens (tertiary/aromatic N) is 3. The Kier molecular flexibility index (Phi) is 6.53. The average molecular weight is 436 g/mol. The number of hydrogen-bond donors (Lipinski definition) is 2. The van der Waals surface area contributed by atoms with Gasteiger partial charge >= 0.3 is 0 Å². The lowest BCUT2D eigenvalue weighted by Crippen LogP contribution is -2.45. The van der Waals surface area contributed by atoms with Gasteiger partial charge in [-0.05, 0) is 48.3 Å². The van der Waals surface area contributed by atoms with Crippen LogP contribution in [0.5, 0.6) is 0 Å². The normalized spacial score (nSPS) is 17.6. The number of aryl methyl sites for hydroxylation is 2. The number of hydrogen-bond acceptors (Lipinski definition) is 4. The fourth-order valence-electron chi connectivity index (χ4n) is 3.29. The molecule has 2 aromatic rings. The Hall–Kier alpha value is -1.60. The van der Waals surface area contributed by atoms with Crippen LogP contribution in [-0.2, 0) is 6.42 Å². The summed E-state index contributed by atoms with van der Waals surface area (Å²) in [6.45, 7) is 7.04. The Morgan fingerprint density at radius 2 is 2.19 bits per heavy atom. The molecule has 1 unspecified atom stereocenters. The van der Waals surface area contributed by atoms with E-state index in [2.05, 4.69) is 79.6 Å². The lowest BCUT2D eigenvalue weighted by atomic mass is 10.2. The van der Waals surface area contributed by atoms with Crippen LogP contribution >= 0.6 is 27.3 Å². The number of nitrogens with one attached hydrogen (secondary N) is 2. The second-order valence-corrected chi connectivity index (χ2v) is 8.66. The number of halogens is 1. The lowest BCUT2D eigenvalue weighted by molar-refractivity contribution is 0.648. The first-order valence-corrected chi connectivity index (χ1v) is 10.6. The predicted molar refractivity (Wildman–Crippen MR) is 115 cm³/mol. The molecule has 0 amide bonds. The molecule has 5 nitrogen and oxygen atoms in total. The third-order valence-electron chi connectivity index (χ3n) is 4.59. The van der Waals surface area contributed by atoms with E-state index in [-0.39, 0.29) is 0 Å². The van der Waals surface area contributed by atoms with Gasteiger partial charge in [-0.15, -0.1) is 11.3 Å². The summed E-state index contributed by atoms with van der Waals surface area (Å²) in [4.78, 5) is 12.6. The van der Waals surface area contributed by atoms with Gasteiger partial charge in [0.25, 0.3) is 0 Å². The van der Waals surface area contributed by atoms with Crippen LogP contribution in [-0.4, -0.2) is 43.7 Å². The van der Waals surface area contributed by atoms with E-state index < -0.39 is 0 Å². The van der Waals surface area contributed by atoms with Crippen molar-refractivity contribution in [3.63, 3.8) is 0 Å². The minimum atomic E-state index is 0.403. The molecule has 0 saturated carbocycles. The molecule has 1 aromatic carbocycles. The molecule has 1 aliphatic rings. The van der Waals surface area contributed by atoms with Crippen molar-refractivity contribution < 1.29 is 0 Å². The summed E-state index contributed by atoms with van der Waals surface area (Å²) in [5.74, 6) is 0.878. The Morgan fingerprint density at radius 3 is 2.88 bits per heavy atom. The molecule has 1 atom stereocenters. The highest BCUT2D eigenvalue weighted by Gasteiger charge is 2.24. The molecule has 0 bridgehead atoms. The van der Waals surface area contributed by atoms with Crippen molar-refractivity contribution in [1.29, 1.82) is 0 Å². The summed E-state index contributed by atoms with van der Waals surface area (Å²) in [6, 6.07) is 8.81.